The summed E-state index contributed by atoms with van der Waals surface area (Å²) in [5.74, 6) is 0. The van der Waals surface area contributed by atoms with Gasteiger partial charge in [-0.15, -0.1) is 0 Å². The van der Waals surface area contributed by atoms with E-state index in [1.807, 2.05) is 19.5 Å². The first kappa shape index (κ1) is 12.5. The number of ether oxygens (including phenoxy) is 1. The molecule has 1 aliphatic carbocycles. The molecule has 1 N–H and O–H groups in total. The first-order valence-electron chi connectivity index (χ1n) is 6.47. The molecular weight excluding hydrogens is 212 g/mol. The summed E-state index contributed by atoms with van der Waals surface area (Å²) in [5, 5.41) is 3.63. The van der Waals surface area contributed by atoms with Crippen LogP contribution in [0.25, 0.3) is 0 Å². The van der Waals surface area contributed by atoms with Gasteiger partial charge in [0.15, 0.2) is 0 Å². The zero-order valence-electron chi connectivity index (χ0n) is 10.8. The molecule has 0 aliphatic heterocycles. The zero-order valence-corrected chi connectivity index (χ0v) is 10.8. The molecule has 0 saturated heterocycles. The maximum Gasteiger partial charge on any atom is 0.0724 e. The minimum Gasteiger partial charge on any atom is -0.380 e. The third-order valence-corrected chi connectivity index (χ3v) is 3.70. The first-order valence-corrected chi connectivity index (χ1v) is 6.47. The fraction of sp³-hybridized carbons (Fsp3) is 0.643. The number of methoxy groups -OCH3 is 1. The summed E-state index contributed by atoms with van der Waals surface area (Å²) in [4.78, 5) is 4.12. The second-order valence-electron chi connectivity index (χ2n) is 4.85. The van der Waals surface area contributed by atoms with Gasteiger partial charge in [-0.05, 0) is 37.0 Å². The van der Waals surface area contributed by atoms with Gasteiger partial charge >= 0.3 is 0 Å². The zero-order chi connectivity index (χ0) is 12.1. The quantitative estimate of drug-likeness (QED) is 0.869. The van der Waals surface area contributed by atoms with Gasteiger partial charge in [-0.2, -0.15) is 0 Å². The number of nitrogens with zero attached hydrogens (tertiary/aromatic N) is 1. The average Bonchev–Trinajstić information content (AvgIpc) is 2.38. The van der Waals surface area contributed by atoms with Gasteiger partial charge in [0.1, 0.15) is 0 Å². The molecule has 2 atom stereocenters. The van der Waals surface area contributed by atoms with Crippen molar-refractivity contribution in [3.05, 3.63) is 29.6 Å². The summed E-state index contributed by atoms with van der Waals surface area (Å²) in [5.41, 5.74) is 2.59. The Kier molecular flexibility index (Phi) is 4.51. The molecule has 1 aliphatic rings. The summed E-state index contributed by atoms with van der Waals surface area (Å²) < 4.78 is 5.55. The second kappa shape index (κ2) is 6.12. The minimum atomic E-state index is 0.380. The molecule has 3 heteroatoms. The normalized spacial score (nSPS) is 24.8. The van der Waals surface area contributed by atoms with Crippen LogP contribution in [0, 0.1) is 6.92 Å². The van der Waals surface area contributed by atoms with E-state index < -0.39 is 0 Å². The Labute approximate surface area is 104 Å². The van der Waals surface area contributed by atoms with Crippen LogP contribution >= 0.6 is 0 Å². The Hall–Kier alpha value is -0.930. The second-order valence-corrected chi connectivity index (χ2v) is 4.85. The molecule has 0 spiro atoms. The van der Waals surface area contributed by atoms with E-state index in [9.17, 15) is 0 Å². The number of hydrogen-bond acceptors (Lipinski definition) is 3. The number of hydrogen-bond donors (Lipinski definition) is 1. The Morgan fingerprint density at radius 3 is 3.00 bits per heavy atom. The topological polar surface area (TPSA) is 34.1 Å². The van der Waals surface area contributed by atoms with Gasteiger partial charge in [-0.3, -0.25) is 4.98 Å². The van der Waals surface area contributed by atoms with Gasteiger partial charge in [-0.1, -0.05) is 12.8 Å². The van der Waals surface area contributed by atoms with E-state index in [0.717, 1.165) is 6.54 Å². The lowest BCUT2D eigenvalue weighted by Gasteiger charge is -2.31. The third-order valence-electron chi connectivity index (χ3n) is 3.70. The summed E-state index contributed by atoms with van der Waals surface area (Å²) in [6.07, 6.45) is 9.18. The molecule has 1 heterocycles. The Morgan fingerprint density at radius 2 is 2.24 bits per heavy atom. The molecular formula is C14H22N2O. The van der Waals surface area contributed by atoms with Crippen LogP contribution in [-0.4, -0.2) is 24.2 Å². The van der Waals surface area contributed by atoms with Crippen molar-refractivity contribution < 1.29 is 4.74 Å². The van der Waals surface area contributed by atoms with Crippen LogP contribution < -0.4 is 5.32 Å². The maximum absolute atomic E-state index is 5.55. The molecule has 0 radical (unpaired) electrons. The van der Waals surface area contributed by atoms with Crippen LogP contribution in [0.3, 0.4) is 0 Å². The van der Waals surface area contributed by atoms with Crippen LogP contribution in [0.2, 0.25) is 0 Å². The fourth-order valence-corrected chi connectivity index (χ4v) is 2.55. The van der Waals surface area contributed by atoms with E-state index in [1.165, 1.54) is 36.8 Å². The lowest BCUT2D eigenvalue weighted by molar-refractivity contribution is 0.0413. The third kappa shape index (κ3) is 3.27. The smallest absolute Gasteiger partial charge is 0.0724 e. The molecule has 2 unspecified atom stereocenters. The van der Waals surface area contributed by atoms with Crippen LogP contribution in [0.1, 0.15) is 36.8 Å². The standard InChI is InChI=1S/C14H22N2O/c1-11-9-15-8-7-12(11)10-16-13-5-3-4-6-14(13)17-2/h7-9,13-14,16H,3-6,10H2,1-2H3. The number of pyridine rings is 1. The van der Waals surface area contributed by atoms with E-state index >= 15 is 0 Å². The molecule has 3 nitrogen and oxygen atoms in total. The highest BCUT2D eigenvalue weighted by atomic mass is 16.5. The number of nitrogens with one attached hydrogen (secondary N) is 1. The average molecular weight is 234 g/mol. The molecule has 1 fully saturated rings. The van der Waals surface area contributed by atoms with E-state index in [1.54, 1.807) is 0 Å². The summed E-state index contributed by atoms with van der Waals surface area (Å²) >= 11 is 0. The Morgan fingerprint density at radius 1 is 1.41 bits per heavy atom. The molecule has 2 rings (SSSR count). The molecule has 0 amide bonds. The van der Waals surface area contributed by atoms with E-state index in [-0.39, 0.29) is 0 Å². The highest BCUT2D eigenvalue weighted by Gasteiger charge is 2.24. The summed E-state index contributed by atoms with van der Waals surface area (Å²) in [7, 11) is 1.82. The van der Waals surface area contributed by atoms with Crippen LogP contribution in [-0.2, 0) is 11.3 Å². The molecule has 1 aromatic heterocycles. The maximum atomic E-state index is 5.55. The molecule has 1 saturated carbocycles. The van der Waals surface area contributed by atoms with Crippen molar-refractivity contribution in [2.45, 2.75) is 51.3 Å². The van der Waals surface area contributed by atoms with Gasteiger partial charge < -0.3 is 10.1 Å². The largest absolute Gasteiger partial charge is 0.380 e. The van der Waals surface area contributed by atoms with Crippen molar-refractivity contribution in [1.82, 2.24) is 10.3 Å². The highest BCUT2D eigenvalue weighted by Crippen LogP contribution is 2.21. The van der Waals surface area contributed by atoms with Crippen molar-refractivity contribution in [2.24, 2.45) is 0 Å². The van der Waals surface area contributed by atoms with Crippen molar-refractivity contribution in [3.63, 3.8) is 0 Å². The van der Waals surface area contributed by atoms with Crippen LogP contribution in [0.4, 0.5) is 0 Å². The van der Waals surface area contributed by atoms with Crippen LogP contribution in [0.5, 0.6) is 0 Å². The highest BCUT2D eigenvalue weighted by molar-refractivity contribution is 5.21. The Balaban J connectivity index is 1.90. The SMILES string of the molecule is COC1CCCCC1NCc1ccncc1C. The Bertz CT molecular complexity index is 354. The van der Waals surface area contributed by atoms with Gasteiger partial charge in [0.25, 0.3) is 0 Å². The van der Waals surface area contributed by atoms with Gasteiger partial charge in [0.05, 0.1) is 6.10 Å². The predicted octanol–water partition coefficient (Wildman–Crippen LogP) is 2.44. The van der Waals surface area contributed by atoms with Crippen LogP contribution in [0.15, 0.2) is 18.5 Å². The van der Waals surface area contributed by atoms with Gasteiger partial charge in [0, 0.05) is 32.1 Å². The summed E-state index contributed by atoms with van der Waals surface area (Å²) in [6.45, 7) is 3.03. The number of aryl methyl sites for hydroxylation is 1. The lowest BCUT2D eigenvalue weighted by atomic mass is 9.92. The minimum absolute atomic E-state index is 0.380. The van der Waals surface area contributed by atoms with Crippen molar-refractivity contribution >= 4 is 0 Å². The number of rotatable bonds is 4. The molecule has 94 valence electrons. The summed E-state index contributed by atoms with van der Waals surface area (Å²) in [6, 6.07) is 2.59. The van der Waals surface area contributed by atoms with Crippen molar-refractivity contribution in [3.8, 4) is 0 Å². The first-order chi connectivity index (χ1) is 8.31. The van der Waals surface area contributed by atoms with Crippen molar-refractivity contribution in [2.75, 3.05) is 7.11 Å². The molecule has 0 aromatic carbocycles. The lowest BCUT2D eigenvalue weighted by Crippen LogP contribution is -2.42. The van der Waals surface area contributed by atoms with Crippen molar-refractivity contribution in [1.29, 1.82) is 0 Å². The predicted molar refractivity (Wildman–Crippen MR) is 68.9 cm³/mol. The van der Waals surface area contributed by atoms with Gasteiger partial charge in [0.2, 0.25) is 0 Å². The van der Waals surface area contributed by atoms with E-state index in [2.05, 4.69) is 23.3 Å². The van der Waals surface area contributed by atoms with Gasteiger partial charge in [-0.25, -0.2) is 0 Å². The molecule has 1 aromatic rings. The van der Waals surface area contributed by atoms with E-state index in [0.29, 0.717) is 12.1 Å². The monoisotopic (exact) mass is 234 g/mol. The fourth-order valence-electron chi connectivity index (χ4n) is 2.55. The number of aromatic nitrogens is 1. The molecule has 0 bridgehead atoms. The molecule has 17 heavy (non-hydrogen) atoms. The van der Waals surface area contributed by atoms with E-state index in [4.69, 9.17) is 4.74 Å².